The van der Waals surface area contributed by atoms with E-state index < -0.39 is 0 Å². The summed E-state index contributed by atoms with van der Waals surface area (Å²) in [5.41, 5.74) is 0.278. The smallest absolute Gasteiger partial charge is 0.0253 e. The molecule has 2 heterocycles. The molecule has 0 saturated carbocycles. The number of rotatable bonds is 3. The Labute approximate surface area is 113 Å². The zero-order valence-corrected chi connectivity index (χ0v) is 12.7. The number of nitrogens with zero attached hydrogens (tertiary/aromatic N) is 2. The summed E-state index contributed by atoms with van der Waals surface area (Å²) in [6, 6.07) is 1.52. The number of likely N-dealkylation sites (N-methyl/N-ethyl adjacent to an activating group) is 1. The lowest BCUT2D eigenvalue weighted by molar-refractivity contribution is 0.0171. The van der Waals surface area contributed by atoms with Crippen molar-refractivity contribution in [2.75, 3.05) is 32.7 Å². The maximum absolute atomic E-state index is 3.70. The molecule has 0 bridgehead atoms. The van der Waals surface area contributed by atoms with Crippen LogP contribution in [0.3, 0.4) is 0 Å². The first kappa shape index (κ1) is 14.3. The van der Waals surface area contributed by atoms with Gasteiger partial charge < -0.3 is 10.2 Å². The molecule has 3 heteroatoms. The van der Waals surface area contributed by atoms with Crippen LogP contribution < -0.4 is 5.32 Å². The van der Waals surface area contributed by atoms with Crippen LogP contribution in [0.4, 0.5) is 0 Å². The predicted molar refractivity (Wildman–Crippen MR) is 78.0 cm³/mol. The molecular formula is C15H31N3. The molecule has 2 rings (SSSR count). The number of piperazine rings is 1. The molecule has 0 aliphatic carbocycles. The molecular weight excluding hydrogens is 222 g/mol. The van der Waals surface area contributed by atoms with Crippen molar-refractivity contribution in [1.82, 2.24) is 15.1 Å². The Morgan fingerprint density at radius 3 is 2.72 bits per heavy atom. The van der Waals surface area contributed by atoms with Crippen molar-refractivity contribution in [3.8, 4) is 0 Å². The van der Waals surface area contributed by atoms with Crippen LogP contribution in [0, 0.1) is 0 Å². The molecule has 2 fully saturated rings. The van der Waals surface area contributed by atoms with Gasteiger partial charge in [0.05, 0.1) is 0 Å². The van der Waals surface area contributed by atoms with Gasteiger partial charge in [-0.2, -0.15) is 0 Å². The van der Waals surface area contributed by atoms with E-state index in [1.807, 2.05) is 0 Å². The summed E-state index contributed by atoms with van der Waals surface area (Å²) in [5, 5.41) is 3.70. The summed E-state index contributed by atoms with van der Waals surface area (Å²) < 4.78 is 0. The van der Waals surface area contributed by atoms with Gasteiger partial charge in [-0.1, -0.05) is 13.8 Å². The summed E-state index contributed by atoms with van der Waals surface area (Å²) in [6.07, 6.45) is 4.04. The molecule has 0 radical (unpaired) electrons. The fraction of sp³-hybridized carbons (Fsp3) is 1.00. The van der Waals surface area contributed by atoms with Gasteiger partial charge in [0.2, 0.25) is 0 Å². The Kier molecular flexibility index (Phi) is 4.68. The van der Waals surface area contributed by atoms with Gasteiger partial charge in [-0.3, -0.25) is 4.90 Å². The number of piperidine rings is 1. The minimum Gasteiger partial charge on any atom is -0.309 e. The number of nitrogens with one attached hydrogen (secondary N) is 1. The largest absolute Gasteiger partial charge is 0.309 e. The lowest BCUT2D eigenvalue weighted by Crippen LogP contribution is -2.65. The summed E-state index contributed by atoms with van der Waals surface area (Å²) in [7, 11) is 0. The first-order valence-corrected chi connectivity index (χ1v) is 7.79. The van der Waals surface area contributed by atoms with Crippen molar-refractivity contribution < 1.29 is 0 Å². The van der Waals surface area contributed by atoms with E-state index in [1.165, 1.54) is 45.4 Å². The molecule has 2 saturated heterocycles. The van der Waals surface area contributed by atoms with Crippen LogP contribution in [0.5, 0.6) is 0 Å². The van der Waals surface area contributed by atoms with Gasteiger partial charge in [0.15, 0.2) is 0 Å². The fourth-order valence-electron chi connectivity index (χ4n) is 3.55. The van der Waals surface area contributed by atoms with E-state index in [0.29, 0.717) is 0 Å². The van der Waals surface area contributed by atoms with Crippen molar-refractivity contribution in [1.29, 1.82) is 0 Å². The van der Waals surface area contributed by atoms with Crippen LogP contribution in [0.15, 0.2) is 0 Å². The maximum atomic E-state index is 3.70. The summed E-state index contributed by atoms with van der Waals surface area (Å²) in [6.45, 7) is 15.5. The van der Waals surface area contributed by atoms with Crippen molar-refractivity contribution in [2.45, 2.75) is 64.6 Å². The van der Waals surface area contributed by atoms with Gasteiger partial charge in [-0.15, -0.1) is 0 Å². The van der Waals surface area contributed by atoms with E-state index in [1.54, 1.807) is 0 Å². The average molecular weight is 253 g/mol. The zero-order chi connectivity index (χ0) is 13.2. The van der Waals surface area contributed by atoms with Gasteiger partial charge in [-0.05, 0) is 46.2 Å². The Bertz CT molecular complexity index is 264. The highest BCUT2D eigenvalue weighted by Crippen LogP contribution is 2.24. The van der Waals surface area contributed by atoms with Crippen molar-refractivity contribution >= 4 is 0 Å². The molecule has 0 aromatic rings. The molecule has 0 spiro atoms. The van der Waals surface area contributed by atoms with Crippen LogP contribution >= 0.6 is 0 Å². The lowest BCUT2D eigenvalue weighted by atomic mass is 9.93. The van der Waals surface area contributed by atoms with Gasteiger partial charge in [0.1, 0.15) is 0 Å². The second-order valence-electron chi connectivity index (χ2n) is 6.69. The highest BCUT2D eigenvalue weighted by atomic mass is 15.3. The molecule has 18 heavy (non-hydrogen) atoms. The van der Waals surface area contributed by atoms with Crippen LogP contribution in [-0.4, -0.2) is 60.1 Å². The molecule has 2 aliphatic rings. The SMILES string of the molecule is CCC1CNC(C)(C)CN1C1CCCN(CC)C1. The molecule has 2 aliphatic heterocycles. The van der Waals surface area contributed by atoms with Crippen LogP contribution in [0.1, 0.15) is 47.0 Å². The third kappa shape index (κ3) is 3.25. The van der Waals surface area contributed by atoms with Gasteiger partial charge in [0.25, 0.3) is 0 Å². The van der Waals surface area contributed by atoms with Gasteiger partial charge in [0, 0.05) is 37.3 Å². The quantitative estimate of drug-likeness (QED) is 0.829. The van der Waals surface area contributed by atoms with E-state index in [9.17, 15) is 0 Å². The summed E-state index contributed by atoms with van der Waals surface area (Å²) >= 11 is 0. The Hall–Kier alpha value is -0.120. The van der Waals surface area contributed by atoms with Gasteiger partial charge >= 0.3 is 0 Å². The number of hydrogen-bond donors (Lipinski definition) is 1. The molecule has 2 atom stereocenters. The predicted octanol–water partition coefficient (Wildman–Crippen LogP) is 1.93. The Morgan fingerprint density at radius 2 is 2.06 bits per heavy atom. The normalized spacial score (nSPS) is 34.7. The summed E-state index contributed by atoms with van der Waals surface area (Å²) in [5.74, 6) is 0. The van der Waals surface area contributed by atoms with E-state index in [4.69, 9.17) is 0 Å². The number of hydrogen-bond acceptors (Lipinski definition) is 3. The topological polar surface area (TPSA) is 18.5 Å². The molecule has 3 nitrogen and oxygen atoms in total. The zero-order valence-electron chi connectivity index (χ0n) is 12.7. The first-order chi connectivity index (χ1) is 8.55. The summed E-state index contributed by atoms with van der Waals surface area (Å²) in [4.78, 5) is 5.42. The minimum absolute atomic E-state index is 0.278. The van der Waals surface area contributed by atoms with E-state index in [-0.39, 0.29) is 5.54 Å². The highest BCUT2D eigenvalue weighted by molar-refractivity contribution is 4.96. The van der Waals surface area contributed by atoms with Crippen molar-refractivity contribution in [3.63, 3.8) is 0 Å². The monoisotopic (exact) mass is 253 g/mol. The molecule has 106 valence electrons. The molecule has 2 unspecified atom stereocenters. The highest BCUT2D eigenvalue weighted by Gasteiger charge is 2.36. The third-order valence-electron chi connectivity index (χ3n) is 4.73. The third-order valence-corrected chi connectivity index (χ3v) is 4.73. The van der Waals surface area contributed by atoms with E-state index >= 15 is 0 Å². The number of likely N-dealkylation sites (tertiary alicyclic amines) is 1. The second-order valence-corrected chi connectivity index (χ2v) is 6.69. The Balaban J connectivity index is 2.03. The van der Waals surface area contributed by atoms with Crippen LogP contribution in [0.2, 0.25) is 0 Å². The second kappa shape index (κ2) is 5.89. The Morgan fingerprint density at radius 1 is 1.28 bits per heavy atom. The molecule has 0 aromatic heterocycles. The van der Waals surface area contributed by atoms with E-state index in [2.05, 4.69) is 42.8 Å². The minimum atomic E-state index is 0.278. The average Bonchev–Trinajstić information content (AvgIpc) is 2.38. The molecule has 0 amide bonds. The maximum Gasteiger partial charge on any atom is 0.0253 e. The van der Waals surface area contributed by atoms with Crippen molar-refractivity contribution in [3.05, 3.63) is 0 Å². The fourth-order valence-corrected chi connectivity index (χ4v) is 3.55. The van der Waals surface area contributed by atoms with Crippen LogP contribution in [0.25, 0.3) is 0 Å². The molecule has 1 N–H and O–H groups in total. The standard InChI is InChI=1S/C15H31N3/c1-5-13-10-16-15(3,4)12-18(13)14-8-7-9-17(6-2)11-14/h13-14,16H,5-12H2,1-4H3. The van der Waals surface area contributed by atoms with Crippen LogP contribution in [-0.2, 0) is 0 Å². The first-order valence-electron chi connectivity index (χ1n) is 7.79. The van der Waals surface area contributed by atoms with E-state index in [0.717, 1.165) is 18.6 Å². The molecule has 0 aromatic carbocycles. The lowest BCUT2D eigenvalue weighted by Gasteiger charge is -2.50. The van der Waals surface area contributed by atoms with Gasteiger partial charge in [-0.25, -0.2) is 0 Å². The van der Waals surface area contributed by atoms with Crippen molar-refractivity contribution in [2.24, 2.45) is 0 Å².